The highest BCUT2D eigenvalue weighted by Crippen LogP contribution is 2.22. The molecule has 2 aromatic rings. The van der Waals surface area contributed by atoms with Gasteiger partial charge in [-0.05, 0) is 32.3 Å². The normalized spacial score (nSPS) is 12.1. The van der Waals surface area contributed by atoms with Crippen LogP contribution in [-0.2, 0) is 16.1 Å². The van der Waals surface area contributed by atoms with Crippen LogP contribution in [0.4, 0.5) is 0 Å². The molecular formula is C20H26ClN3O3. The highest BCUT2D eigenvalue weighted by molar-refractivity contribution is 6.32. The van der Waals surface area contributed by atoms with Gasteiger partial charge in [0.1, 0.15) is 10.7 Å². The lowest BCUT2D eigenvalue weighted by Crippen LogP contribution is -2.37. The molecule has 146 valence electrons. The maximum atomic E-state index is 12.5. The molecule has 0 aliphatic heterocycles. The number of carbonyl (C=O) groups excluding carboxylic acids is 2. The number of benzene rings is 1. The number of rotatable bonds is 7. The smallest absolute Gasteiger partial charge is 0.343 e. The maximum Gasteiger partial charge on any atom is 0.343 e. The SMILES string of the molecule is Cc1ccc(Cn2nc(C)c(C(=O)OC(C)C(=O)NCC(C)C)c2Cl)cc1. The number of halogens is 1. The molecule has 0 radical (unpaired) electrons. The summed E-state index contributed by atoms with van der Waals surface area (Å²) in [6, 6.07) is 7.99. The van der Waals surface area contributed by atoms with Crippen molar-refractivity contribution in [2.24, 2.45) is 5.92 Å². The summed E-state index contributed by atoms with van der Waals surface area (Å²) >= 11 is 6.37. The number of aryl methyl sites for hydroxylation is 2. The van der Waals surface area contributed by atoms with Crippen molar-refractivity contribution in [2.75, 3.05) is 6.54 Å². The average molecular weight is 392 g/mol. The zero-order valence-electron chi connectivity index (χ0n) is 16.4. The molecule has 1 aromatic carbocycles. The number of aromatic nitrogens is 2. The Morgan fingerprint density at radius 3 is 2.41 bits per heavy atom. The van der Waals surface area contributed by atoms with Crippen LogP contribution >= 0.6 is 11.6 Å². The fraction of sp³-hybridized carbons (Fsp3) is 0.450. The molecule has 1 atom stereocenters. The number of carbonyl (C=O) groups is 2. The molecule has 7 heteroatoms. The predicted octanol–water partition coefficient (Wildman–Crippen LogP) is 3.52. The van der Waals surface area contributed by atoms with Crippen LogP contribution in [-0.4, -0.2) is 34.3 Å². The summed E-state index contributed by atoms with van der Waals surface area (Å²) in [5.74, 6) is -0.675. The van der Waals surface area contributed by atoms with Crippen molar-refractivity contribution in [3.63, 3.8) is 0 Å². The fourth-order valence-electron chi connectivity index (χ4n) is 2.48. The summed E-state index contributed by atoms with van der Waals surface area (Å²) in [6.07, 6.45) is -0.910. The molecule has 1 unspecified atom stereocenters. The largest absolute Gasteiger partial charge is 0.449 e. The Morgan fingerprint density at radius 1 is 1.19 bits per heavy atom. The van der Waals surface area contributed by atoms with Gasteiger partial charge in [-0.25, -0.2) is 9.48 Å². The lowest BCUT2D eigenvalue weighted by molar-refractivity contribution is -0.129. The Kier molecular flexibility index (Phi) is 7.02. The number of hydrogen-bond donors (Lipinski definition) is 1. The van der Waals surface area contributed by atoms with Crippen LogP contribution < -0.4 is 5.32 Å². The van der Waals surface area contributed by atoms with Gasteiger partial charge in [-0.15, -0.1) is 0 Å². The Bertz CT molecular complexity index is 813. The number of nitrogens with zero attached hydrogens (tertiary/aromatic N) is 2. The van der Waals surface area contributed by atoms with Gasteiger partial charge >= 0.3 is 5.97 Å². The fourth-order valence-corrected chi connectivity index (χ4v) is 2.79. The highest BCUT2D eigenvalue weighted by Gasteiger charge is 2.25. The summed E-state index contributed by atoms with van der Waals surface area (Å²) in [4.78, 5) is 24.5. The molecule has 0 aliphatic rings. The number of esters is 1. The molecule has 0 aliphatic carbocycles. The first kappa shape index (κ1) is 21.0. The van der Waals surface area contributed by atoms with Crippen molar-refractivity contribution >= 4 is 23.5 Å². The first-order valence-electron chi connectivity index (χ1n) is 8.96. The molecule has 1 N–H and O–H groups in total. The first-order chi connectivity index (χ1) is 12.7. The van der Waals surface area contributed by atoms with Crippen molar-refractivity contribution < 1.29 is 14.3 Å². The van der Waals surface area contributed by atoms with Gasteiger partial charge in [0.15, 0.2) is 6.10 Å². The minimum absolute atomic E-state index is 0.187. The van der Waals surface area contributed by atoms with Gasteiger partial charge in [0.2, 0.25) is 0 Å². The van der Waals surface area contributed by atoms with Crippen molar-refractivity contribution in [3.8, 4) is 0 Å². The molecule has 0 spiro atoms. The van der Waals surface area contributed by atoms with Gasteiger partial charge in [-0.3, -0.25) is 4.79 Å². The van der Waals surface area contributed by atoms with E-state index >= 15 is 0 Å². The lowest BCUT2D eigenvalue weighted by Gasteiger charge is -2.14. The van der Waals surface area contributed by atoms with E-state index in [1.54, 1.807) is 11.6 Å². The monoisotopic (exact) mass is 391 g/mol. The maximum absolute atomic E-state index is 12.5. The van der Waals surface area contributed by atoms with Gasteiger partial charge in [0, 0.05) is 6.54 Å². The summed E-state index contributed by atoms with van der Waals surface area (Å²) in [7, 11) is 0. The van der Waals surface area contributed by atoms with E-state index in [1.165, 1.54) is 6.92 Å². The third kappa shape index (κ3) is 5.57. The van der Waals surface area contributed by atoms with Crippen molar-refractivity contribution in [1.29, 1.82) is 0 Å². The molecule has 6 nitrogen and oxygen atoms in total. The van der Waals surface area contributed by atoms with Gasteiger partial charge in [0.25, 0.3) is 5.91 Å². The molecular weight excluding hydrogens is 366 g/mol. The zero-order valence-corrected chi connectivity index (χ0v) is 17.1. The second kappa shape index (κ2) is 9.04. The topological polar surface area (TPSA) is 73.2 Å². The third-order valence-electron chi connectivity index (χ3n) is 4.06. The summed E-state index contributed by atoms with van der Waals surface area (Å²) in [5, 5.41) is 7.29. The van der Waals surface area contributed by atoms with E-state index in [-0.39, 0.29) is 16.6 Å². The van der Waals surface area contributed by atoms with Crippen LogP contribution in [0.2, 0.25) is 5.15 Å². The van der Waals surface area contributed by atoms with Crippen LogP contribution in [0.15, 0.2) is 24.3 Å². The molecule has 0 fully saturated rings. The van der Waals surface area contributed by atoms with Crippen LogP contribution in [0.25, 0.3) is 0 Å². The lowest BCUT2D eigenvalue weighted by atomic mass is 10.1. The minimum Gasteiger partial charge on any atom is -0.449 e. The predicted molar refractivity (Wildman–Crippen MR) is 105 cm³/mol. The second-order valence-corrected chi connectivity index (χ2v) is 7.44. The Morgan fingerprint density at radius 2 is 1.81 bits per heavy atom. The standard InChI is InChI=1S/C20H26ClN3O3/c1-12(2)10-22-19(25)15(5)27-20(26)17-14(4)23-24(18(17)21)11-16-8-6-13(3)7-9-16/h6-9,12,15H,10-11H2,1-5H3,(H,22,25). The zero-order chi connectivity index (χ0) is 20.1. The molecule has 0 bridgehead atoms. The second-order valence-electron chi connectivity index (χ2n) is 7.08. The number of nitrogens with one attached hydrogen (secondary N) is 1. The van der Waals surface area contributed by atoms with Gasteiger partial charge in [0.05, 0.1) is 12.2 Å². The van der Waals surface area contributed by atoms with E-state index in [1.807, 2.05) is 45.0 Å². The number of hydrogen-bond acceptors (Lipinski definition) is 4. The molecule has 27 heavy (non-hydrogen) atoms. The minimum atomic E-state index is -0.910. The van der Waals surface area contributed by atoms with Crippen LogP contribution in [0, 0.1) is 19.8 Å². The molecule has 0 saturated heterocycles. The summed E-state index contributed by atoms with van der Waals surface area (Å²) in [5.41, 5.74) is 2.83. The van der Waals surface area contributed by atoms with Gasteiger partial charge in [-0.2, -0.15) is 5.10 Å². The van der Waals surface area contributed by atoms with Crippen molar-refractivity contribution in [1.82, 2.24) is 15.1 Å². The van der Waals surface area contributed by atoms with Gasteiger partial charge in [-0.1, -0.05) is 55.3 Å². The van der Waals surface area contributed by atoms with E-state index in [0.717, 1.165) is 11.1 Å². The van der Waals surface area contributed by atoms with E-state index in [0.29, 0.717) is 24.7 Å². The molecule has 1 amide bonds. The molecule has 1 heterocycles. The Labute approximate surface area is 164 Å². The summed E-state index contributed by atoms with van der Waals surface area (Å²) in [6.45, 7) is 10.2. The summed E-state index contributed by atoms with van der Waals surface area (Å²) < 4.78 is 6.84. The quantitative estimate of drug-likeness (QED) is 0.733. The molecule has 2 rings (SSSR count). The third-order valence-corrected chi connectivity index (χ3v) is 4.44. The highest BCUT2D eigenvalue weighted by atomic mass is 35.5. The molecule has 1 aromatic heterocycles. The molecule has 0 saturated carbocycles. The van der Waals surface area contributed by atoms with Crippen molar-refractivity contribution in [3.05, 3.63) is 51.8 Å². The van der Waals surface area contributed by atoms with E-state index in [4.69, 9.17) is 16.3 Å². The Hall–Kier alpha value is -2.34. The number of ether oxygens (including phenoxy) is 1. The van der Waals surface area contributed by atoms with Crippen LogP contribution in [0.1, 0.15) is 48.0 Å². The van der Waals surface area contributed by atoms with Crippen molar-refractivity contribution in [2.45, 2.75) is 47.3 Å². The number of amides is 1. The van der Waals surface area contributed by atoms with Crippen LogP contribution in [0.3, 0.4) is 0 Å². The van der Waals surface area contributed by atoms with E-state index in [9.17, 15) is 9.59 Å². The Balaban J connectivity index is 2.09. The average Bonchev–Trinajstić information content (AvgIpc) is 2.88. The van der Waals surface area contributed by atoms with Gasteiger partial charge < -0.3 is 10.1 Å². The van der Waals surface area contributed by atoms with Crippen LogP contribution in [0.5, 0.6) is 0 Å². The van der Waals surface area contributed by atoms with E-state index < -0.39 is 12.1 Å². The van der Waals surface area contributed by atoms with E-state index in [2.05, 4.69) is 10.4 Å². The first-order valence-corrected chi connectivity index (χ1v) is 9.34.